The molecule has 1 atom stereocenters. The number of benzene rings is 2. The molecule has 5 rings (SSSR count). The average Bonchev–Trinajstić information content (AvgIpc) is 3.43. The van der Waals surface area contributed by atoms with E-state index in [9.17, 15) is 5.26 Å². The number of H-pyrrole nitrogens is 1. The largest absolute Gasteiger partial charge is 0.495 e. The third-order valence-electron chi connectivity index (χ3n) is 5.92. The summed E-state index contributed by atoms with van der Waals surface area (Å²) in [5.41, 5.74) is 4.65. The fraction of sp³-hybridized carbons (Fsp3) is 0.292. The van der Waals surface area contributed by atoms with Crippen molar-refractivity contribution >= 4 is 10.9 Å². The SMILES string of the molecule is COCc1ccccc1C1CCCn2nc(-c3cc4c(OC)c(C#N)ccc4[nH]3)nc21. The van der Waals surface area contributed by atoms with Crippen molar-refractivity contribution in [1.82, 2.24) is 19.7 Å². The quantitative estimate of drug-likeness (QED) is 0.525. The standard InChI is InChI=1S/C24H23N5O2/c1-30-14-16-6-3-4-7-17(16)18-8-5-11-29-24(18)27-23(28-29)21-12-19-20(26-21)10-9-15(13-25)22(19)31-2/h3-4,6-7,9-10,12,18,26H,5,8,11,14H2,1-2H3. The summed E-state index contributed by atoms with van der Waals surface area (Å²) in [5.74, 6) is 2.39. The lowest BCUT2D eigenvalue weighted by Gasteiger charge is -2.24. The van der Waals surface area contributed by atoms with E-state index in [4.69, 9.17) is 19.6 Å². The fourth-order valence-electron chi connectivity index (χ4n) is 4.53. The Balaban J connectivity index is 1.58. The number of ether oxygens (including phenoxy) is 2. The van der Waals surface area contributed by atoms with Crippen LogP contribution in [-0.4, -0.2) is 34.0 Å². The lowest BCUT2D eigenvalue weighted by molar-refractivity contribution is 0.183. The van der Waals surface area contributed by atoms with Gasteiger partial charge < -0.3 is 14.5 Å². The molecule has 1 aliphatic heterocycles. The molecule has 0 aliphatic carbocycles. The van der Waals surface area contributed by atoms with Crippen molar-refractivity contribution in [3.63, 3.8) is 0 Å². The molecule has 0 bridgehead atoms. The van der Waals surface area contributed by atoms with Crippen molar-refractivity contribution in [3.05, 3.63) is 65.0 Å². The van der Waals surface area contributed by atoms with Crippen LogP contribution in [0.15, 0.2) is 42.5 Å². The smallest absolute Gasteiger partial charge is 0.197 e. The lowest BCUT2D eigenvalue weighted by atomic mass is 9.88. The third-order valence-corrected chi connectivity index (χ3v) is 5.92. The molecular formula is C24H23N5O2. The maximum atomic E-state index is 9.36. The first-order valence-corrected chi connectivity index (χ1v) is 10.3. The monoisotopic (exact) mass is 413 g/mol. The van der Waals surface area contributed by atoms with E-state index in [-0.39, 0.29) is 5.92 Å². The van der Waals surface area contributed by atoms with Gasteiger partial charge in [-0.1, -0.05) is 24.3 Å². The molecule has 31 heavy (non-hydrogen) atoms. The van der Waals surface area contributed by atoms with Gasteiger partial charge in [-0.2, -0.15) is 5.26 Å². The van der Waals surface area contributed by atoms with E-state index in [1.165, 1.54) is 11.1 Å². The third kappa shape index (κ3) is 3.25. The van der Waals surface area contributed by atoms with Crippen molar-refractivity contribution in [2.45, 2.75) is 31.9 Å². The number of fused-ring (bicyclic) bond motifs is 2. The molecule has 0 saturated carbocycles. The van der Waals surface area contributed by atoms with Crippen molar-refractivity contribution in [2.24, 2.45) is 0 Å². The predicted molar refractivity (Wildman–Crippen MR) is 117 cm³/mol. The minimum absolute atomic E-state index is 0.186. The first kappa shape index (κ1) is 19.3. The van der Waals surface area contributed by atoms with E-state index in [1.54, 1.807) is 20.3 Å². The number of hydrogen-bond donors (Lipinski definition) is 1. The Labute approximate surface area is 180 Å². The maximum absolute atomic E-state index is 9.36. The number of aromatic amines is 1. The van der Waals surface area contributed by atoms with Crippen LogP contribution in [0.2, 0.25) is 0 Å². The van der Waals surface area contributed by atoms with Gasteiger partial charge in [-0.05, 0) is 42.2 Å². The van der Waals surface area contributed by atoms with Gasteiger partial charge in [0.2, 0.25) is 0 Å². The van der Waals surface area contributed by atoms with Crippen LogP contribution in [0.3, 0.4) is 0 Å². The molecule has 7 heteroatoms. The molecule has 1 unspecified atom stereocenters. The summed E-state index contributed by atoms with van der Waals surface area (Å²) in [6.07, 6.45) is 2.08. The molecule has 1 N–H and O–H groups in total. The molecule has 0 fully saturated rings. The Kier molecular flexibility index (Phi) is 4.92. The van der Waals surface area contributed by atoms with Crippen molar-refractivity contribution in [2.75, 3.05) is 14.2 Å². The summed E-state index contributed by atoms with van der Waals surface area (Å²) < 4.78 is 12.9. The Hall–Kier alpha value is -3.63. The van der Waals surface area contributed by atoms with E-state index in [2.05, 4.69) is 29.3 Å². The summed E-state index contributed by atoms with van der Waals surface area (Å²) in [6.45, 7) is 1.43. The normalized spacial score (nSPS) is 15.6. The van der Waals surface area contributed by atoms with Gasteiger partial charge in [0, 0.05) is 30.5 Å². The highest BCUT2D eigenvalue weighted by Crippen LogP contribution is 2.37. The highest BCUT2D eigenvalue weighted by atomic mass is 16.5. The van der Waals surface area contributed by atoms with Crippen molar-refractivity contribution in [3.8, 4) is 23.3 Å². The van der Waals surface area contributed by atoms with Crippen LogP contribution in [-0.2, 0) is 17.9 Å². The van der Waals surface area contributed by atoms with Crippen LogP contribution in [0.4, 0.5) is 0 Å². The van der Waals surface area contributed by atoms with E-state index in [1.807, 2.05) is 22.9 Å². The minimum atomic E-state index is 0.186. The summed E-state index contributed by atoms with van der Waals surface area (Å²) in [4.78, 5) is 8.33. The molecule has 7 nitrogen and oxygen atoms in total. The lowest BCUT2D eigenvalue weighted by Crippen LogP contribution is -2.19. The number of aryl methyl sites for hydroxylation is 1. The first-order valence-electron chi connectivity index (χ1n) is 10.3. The molecule has 2 aromatic heterocycles. The van der Waals surface area contributed by atoms with Crippen LogP contribution >= 0.6 is 0 Å². The van der Waals surface area contributed by atoms with Crippen LogP contribution < -0.4 is 4.74 Å². The number of nitriles is 1. The molecule has 1 aliphatic rings. The average molecular weight is 413 g/mol. The van der Waals surface area contributed by atoms with E-state index < -0.39 is 0 Å². The van der Waals surface area contributed by atoms with Crippen LogP contribution in [0.5, 0.6) is 5.75 Å². The summed E-state index contributed by atoms with van der Waals surface area (Å²) in [5, 5.41) is 15.0. The fourth-order valence-corrected chi connectivity index (χ4v) is 4.53. The van der Waals surface area contributed by atoms with Gasteiger partial charge in [0.15, 0.2) is 5.82 Å². The predicted octanol–water partition coefficient (Wildman–Crippen LogP) is 4.38. The van der Waals surface area contributed by atoms with Crippen LogP contribution in [0.1, 0.15) is 41.3 Å². The summed E-state index contributed by atoms with van der Waals surface area (Å²) in [6, 6.07) is 16.2. The number of rotatable bonds is 5. The molecular weight excluding hydrogens is 390 g/mol. The van der Waals surface area contributed by atoms with E-state index in [0.717, 1.165) is 41.8 Å². The Morgan fingerprint density at radius 2 is 2.10 bits per heavy atom. The second-order valence-electron chi connectivity index (χ2n) is 7.75. The van der Waals surface area contributed by atoms with Gasteiger partial charge in [-0.3, -0.25) is 0 Å². The zero-order valence-electron chi connectivity index (χ0n) is 17.6. The number of nitrogens with zero attached hydrogens (tertiary/aromatic N) is 4. The van der Waals surface area contributed by atoms with Gasteiger partial charge in [-0.15, -0.1) is 5.10 Å². The number of aromatic nitrogens is 4. The zero-order chi connectivity index (χ0) is 21.4. The highest BCUT2D eigenvalue weighted by molar-refractivity contribution is 5.92. The van der Waals surface area contributed by atoms with Gasteiger partial charge in [0.05, 0.1) is 25.0 Å². The summed E-state index contributed by atoms with van der Waals surface area (Å²) in [7, 11) is 3.30. The molecule has 0 spiro atoms. The Bertz CT molecular complexity index is 1300. The van der Waals surface area contributed by atoms with Crippen LogP contribution in [0.25, 0.3) is 22.4 Å². The van der Waals surface area contributed by atoms with Gasteiger partial charge in [0.1, 0.15) is 17.6 Å². The van der Waals surface area contributed by atoms with Crippen LogP contribution in [0, 0.1) is 11.3 Å². The maximum Gasteiger partial charge on any atom is 0.197 e. The molecule has 0 amide bonds. The van der Waals surface area contributed by atoms with Gasteiger partial charge >= 0.3 is 0 Å². The van der Waals surface area contributed by atoms with Gasteiger partial charge in [-0.25, -0.2) is 9.67 Å². The molecule has 3 heterocycles. The van der Waals surface area contributed by atoms with Crippen molar-refractivity contribution < 1.29 is 9.47 Å². The molecule has 156 valence electrons. The molecule has 4 aromatic rings. The topological polar surface area (TPSA) is 88.8 Å². The number of methoxy groups -OCH3 is 2. The minimum Gasteiger partial charge on any atom is -0.495 e. The van der Waals surface area contributed by atoms with E-state index in [0.29, 0.717) is 23.7 Å². The zero-order valence-corrected chi connectivity index (χ0v) is 17.6. The second-order valence-corrected chi connectivity index (χ2v) is 7.75. The molecule has 2 aromatic carbocycles. The van der Waals surface area contributed by atoms with Crippen molar-refractivity contribution in [1.29, 1.82) is 5.26 Å². The first-order chi connectivity index (χ1) is 15.2. The highest BCUT2D eigenvalue weighted by Gasteiger charge is 2.28. The van der Waals surface area contributed by atoms with Gasteiger partial charge in [0.25, 0.3) is 0 Å². The number of hydrogen-bond acceptors (Lipinski definition) is 5. The Morgan fingerprint density at radius 1 is 1.23 bits per heavy atom. The summed E-state index contributed by atoms with van der Waals surface area (Å²) >= 11 is 0. The second kappa shape index (κ2) is 7.89. The molecule has 0 saturated heterocycles. The Morgan fingerprint density at radius 3 is 2.90 bits per heavy atom. The van der Waals surface area contributed by atoms with E-state index >= 15 is 0 Å². The molecule has 0 radical (unpaired) electrons. The number of nitrogens with one attached hydrogen (secondary N) is 1.